The number of hydrogen-bond donors (Lipinski definition) is 0. The number of rotatable bonds is 3. The summed E-state index contributed by atoms with van der Waals surface area (Å²) in [6.07, 6.45) is 2.64. The molecule has 0 radical (unpaired) electrons. The quantitative estimate of drug-likeness (QED) is 0.706. The summed E-state index contributed by atoms with van der Waals surface area (Å²) >= 11 is 0. The lowest BCUT2D eigenvalue weighted by atomic mass is 9.99. The highest BCUT2D eigenvalue weighted by molar-refractivity contribution is 5.15. The van der Waals surface area contributed by atoms with E-state index in [4.69, 9.17) is 0 Å². The molecule has 1 aliphatic rings. The van der Waals surface area contributed by atoms with Gasteiger partial charge in [0.05, 0.1) is 0 Å². The standard InChI is InChI=1S/C13H19N/c1-2-14-9-8-13(11-14)10-12-6-4-3-5-7-12/h3-7,13H,2,8-11H2,1H3. The molecule has 2 rings (SSSR count). The van der Waals surface area contributed by atoms with Gasteiger partial charge in [0, 0.05) is 6.54 Å². The van der Waals surface area contributed by atoms with Gasteiger partial charge in [0.25, 0.3) is 0 Å². The van der Waals surface area contributed by atoms with E-state index >= 15 is 0 Å². The van der Waals surface area contributed by atoms with E-state index in [1.54, 1.807) is 0 Å². The number of likely N-dealkylation sites (tertiary alicyclic amines) is 1. The summed E-state index contributed by atoms with van der Waals surface area (Å²) in [6.45, 7) is 6.07. The van der Waals surface area contributed by atoms with Crippen molar-refractivity contribution < 1.29 is 0 Å². The molecular formula is C13H19N. The zero-order valence-corrected chi connectivity index (χ0v) is 8.95. The second-order valence-corrected chi connectivity index (χ2v) is 4.24. The Labute approximate surface area is 86.7 Å². The molecular weight excluding hydrogens is 170 g/mol. The summed E-state index contributed by atoms with van der Waals surface area (Å²) in [5, 5.41) is 0. The molecule has 14 heavy (non-hydrogen) atoms. The Morgan fingerprint density at radius 3 is 2.71 bits per heavy atom. The van der Waals surface area contributed by atoms with Crippen molar-refractivity contribution in [1.82, 2.24) is 4.90 Å². The number of benzene rings is 1. The molecule has 0 saturated carbocycles. The van der Waals surface area contributed by atoms with Crippen LogP contribution in [0.25, 0.3) is 0 Å². The monoisotopic (exact) mass is 189 g/mol. The lowest BCUT2D eigenvalue weighted by molar-refractivity contribution is 0.342. The molecule has 0 amide bonds. The fraction of sp³-hybridized carbons (Fsp3) is 0.538. The van der Waals surface area contributed by atoms with E-state index < -0.39 is 0 Å². The maximum atomic E-state index is 2.55. The number of nitrogens with zero attached hydrogens (tertiary/aromatic N) is 1. The Kier molecular flexibility index (Phi) is 3.20. The van der Waals surface area contributed by atoms with E-state index in [1.807, 2.05) is 0 Å². The van der Waals surface area contributed by atoms with E-state index in [2.05, 4.69) is 42.2 Å². The van der Waals surface area contributed by atoms with E-state index in [0.29, 0.717) is 0 Å². The highest BCUT2D eigenvalue weighted by Gasteiger charge is 2.20. The fourth-order valence-corrected chi connectivity index (χ4v) is 2.31. The van der Waals surface area contributed by atoms with Gasteiger partial charge in [0.2, 0.25) is 0 Å². The Balaban J connectivity index is 1.88. The van der Waals surface area contributed by atoms with Gasteiger partial charge in [0.1, 0.15) is 0 Å². The van der Waals surface area contributed by atoms with Crippen LogP contribution in [0.15, 0.2) is 30.3 Å². The summed E-state index contributed by atoms with van der Waals surface area (Å²) in [5.41, 5.74) is 1.50. The van der Waals surface area contributed by atoms with Crippen LogP contribution in [0.2, 0.25) is 0 Å². The third-order valence-electron chi connectivity index (χ3n) is 3.18. The molecule has 0 aliphatic carbocycles. The SMILES string of the molecule is CCN1CCC(Cc2ccccc2)C1. The molecule has 1 saturated heterocycles. The predicted molar refractivity (Wildman–Crippen MR) is 60.4 cm³/mol. The first-order valence-corrected chi connectivity index (χ1v) is 5.64. The van der Waals surface area contributed by atoms with Gasteiger partial charge in [0.15, 0.2) is 0 Å². The van der Waals surface area contributed by atoms with Crippen molar-refractivity contribution in [2.24, 2.45) is 5.92 Å². The van der Waals surface area contributed by atoms with Gasteiger partial charge in [-0.2, -0.15) is 0 Å². The van der Waals surface area contributed by atoms with E-state index in [0.717, 1.165) is 5.92 Å². The highest BCUT2D eigenvalue weighted by atomic mass is 15.1. The van der Waals surface area contributed by atoms with Gasteiger partial charge in [-0.25, -0.2) is 0 Å². The zero-order chi connectivity index (χ0) is 9.80. The van der Waals surface area contributed by atoms with Gasteiger partial charge < -0.3 is 4.90 Å². The minimum Gasteiger partial charge on any atom is -0.303 e. The van der Waals surface area contributed by atoms with Crippen LogP contribution >= 0.6 is 0 Å². The third kappa shape index (κ3) is 2.36. The maximum absolute atomic E-state index is 2.55. The van der Waals surface area contributed by atoms with Crippen LogP contribution in [0.5, 0.6) is 0 Å². The molecule has 1 fully saturated rings. The van der Waals surface area contributed by atoms with Crippen molar-refractivity contribution >= 4 is 0 Å². The molecule has 1 nitrogen and oxygen atoms in total. The first-order chi connectivity index (χ1) is 6.88. The molecule has 1 atom stereocenters. The van der Waals surface area contributed by atoms with Crippen molar-refractivity contribution in [3.8, 4) is 0 Å². The van der Waals surface area contributed by atoms with E-state index in [1.165, 1.54) is 38.0 Å². The molecule has 0 N–H and O–H groups in total. The van der Waals surface area contributed by atoms with Gasteiger partial charge in [-0.1, -0.05) is 37.3 Å². The van der Waals surface area contributed by atoms with Gasteiger partial charge in [-0.05, 0) is 37.4 Å². The molecule has 0 bridgehead atoms. The second-order valence-electron chi connectivity index (χ2n) is 4.24. The Morgan fingerprint density at radius 2 is 2.07 bits per heavy atom. The first-order valence-electron chi connectivity index (χ1n) is 5.64. The normalized spacial score (nSPS) is 22.8. The van der Waals surface area contributed by atoms with Crippen molar-refractivity contribution in [2.75, 3.05) is 19.6 Å². The van der Waals surface area contributed by atoms with Crippen molar-refractivity contribution in [3.05, 3.63) is 35.9 Å². The smallest absolute Gasteiger partial charge is 0.00132 e. The molecule has 0 aromatic heterocycles. The average molecular weight is 189 g/mol. The summed E-state index contributed by atoms with van der Waals surface area (Å²) in [5.74, 6) is 0.886. The number of hydrogen-bond acceptors (Lipinski definition) is 1. The minimum absolute atomic E-state index is 0.886. The Bertz CT molecular complexity index is 268. The second kappa shape index (κ2) is 4.61. The van der Waals surface area contributed by atoms with Crippen LogP contribution in [-0.4, -0.2) is 24.5 Å². The fourth-order valence-electron chi connectivity index (χ4n) is 2.31. The lowest BCUT2D eigenvalue weighted by Gasteiger charge is -2.12. The zero-order valence-electron chi connectivity index (χ0n) is 8.95. The molecule has 1 heterocycles. The summed E-state index contributed by atoms with van der Waals surface area (Å²) in [7, 11) is 0. The summed E-state index contributed by atoms with van der Waals surface area (Å²) < 4.78 is 0. The molecule has 76 valence electrons. The molecule has 0 spiro atoms. The first kappa shape index (κ1) is 9.72. The molecule has 1 aromatic rings. The lowest BCUT2D eigenvalue weighted by Crippen LogP contribution is -2.20. The van der Waals surface area contributed by atoms with Crippen LogP contribution in [0.1, 0.15) is 18.9 Å². The van der Waals surface area contributed by atoms with Crippen molar-refractivity contribution in [2.45, 2.75) is 19.8 Å². The average Bonchev–Trinajstić information content (AvgIpc) is 2.67. The van der Waals surface area contributed by atoms with Crippen LogP contribution in [0.3, 0.4) is 0 Å². The van der Waals surface area contributed by atoms with Gasteiger partial charge in [-0.3, -0.25) is 0 Å². The third-order valence-corrected chi connectivity index (χ3v) is 3.18. The van der Waals surface area contributed by atoms with Gasteiger partial charge in [-0.15, -0.1) is 0 Å². The van der Waals surface area contributed by atoms with E-state index in [9.17, 15) is 0 Å². The van der Waals surface area contributed by atoms with Crippen LogP contribution < -0.4 is 0 Å². The largest absolute Gasteiger partial charge is 0.303 e. The van der Waals surface area contributed by atoms with E-state index in [-0.39, 0.29) is 0 Å². The highest BCUT2D eigenvalue weighted by Crippen LogP contribution is 2.20. The van der Waals surface area contributed by atoms with Crippen molar-refractivity contribution in [1.29, 1.82) is 0 Å². The molecule has 1 heteroatoms. The topological polar surface area (TPSA) is 3.24 Å². The maximum Gasteiger partial charge on any atom is 0.00132 e. The van der Waals surface area contributed by atoms with Crippen LogP contribution in [0.4, 0.5) is 0 Å². The van der Waals surface area contributed by atoms with Gasteiger partial charge >= 0.3 is 0 Å². The molecule has 1 unspecified atom stereocenters. The predicted octanol–water partition coefficient (Wildman–Crippen LogP) is 2.57. The molecule has 1 aromatic carbocycles. The van der Waals surface area contributed by atoms with Crippen LogP contribution in [0, 0.1) is 5.92 Å². The Morgan fingerprint density at radius 1 is 1.29 bits per heavy atom. The van der Waals surface area contributed by atoms with Crippen molar-refractivity contribution in [3.63, 3.8) is 0 Å². The van der Waals surface area contributed by atoms with Crippen LogP contribution in [-0.2, 0) is 6.42 Å². The molecule has 1 aliphatic heterocycles. The summed E-state index contributed by atoms with van der Waals surface area (Å²) in [6, 6.07) is 10.9. The summed E-state index contributed by atoms with van der Waals surface area (Å²) in [4.78, 5) is 2.55. The minimum atomic E-state index is 0.886. The Hall–Kier alpha value is -0.820.